The largest absolute Gasteiger partial charge is 0.447 e. The third kappa shape index (κ3) is 4.83. The van der Waals surface area contributed by atoms with Crippen LogP contribution in [0.25, 0.3) is 0 Å². The van der Waals surface area contributed by atoms with Gasteiger partial charge in [0.05, 0.1) is 12.4 Å². The first-order chi connectivity index (χ1) is 8.86. The lowest BCUT2D eigenvalue weighted by atomic mass is 10.4. The minimum Gasteiger partial charge on any atom is -0.447 e. The third-order valence-corrected chi connectivity index (χ3v) is 4.27. The third-order valence-electron chi connectivity index (χ3n) is 2.51. The first-order valence-corrected chi connectivity index (χ1v) is 7.53. The maximum Gasteiger partial charge on any atom is 0.409 e. The first-order valence-electron chi connectivity index (χ1n) is 5.88. The lowest BCUT2D eigenvalue weighted by Gasteiger charge is -2.36. The number of hydrogen-bond donors (Lipinski definition) is 2. The standard InChI is InChI=1S/C10H20N3O5P/c1-9(2)18-19(11,16)13-5-3-12(4-6-13)10(15)17-8-7-14/h14H,1,3-8H2,2H3,(H2,11,16). The minimum atomic E-state index is -3.39. The lowest BCUT2D eigenvalue weighted by molar-refractivity contribution is 0.0727. The molecule has 1 rings (SSSR count). The van der Waals surface area contributed by atoms with Crippen LogP contribution in [0.1, 0.15) is 6.92 Å². The van der Waals surface area contributed by atoms with Gasteiger partial charge in [-0.25, -0.2) is 19.5 Å². The fraction of sp³-hybridized carbons (Fsp3) is 0.700. The smallest absolute Gasteiger partial charge is 0.409 e. The molecule has 110 valence electrons. The van der Waals surface area contributed by atoms with Crippen LogP contribution in [0, 0.1) is 0 Å². The molecular weight excluding hydrogens is 273 g/mol. The number of hydrogen-bond acceptors (Lipinski definition) is 5. The summed E-state index contributed by atoms with van der Waals surface area (Å²) < 4.78 is 23.4. The number of aliphatic hydroxyl groups excluding tert-OH is 1. The molecule has 8 nitrogen and oxygen atoms in total. The quantitative estimate of drug-likeness (QED) is 0.556. The Hall–Kier alpha value is -1.08. The van der Waals surface area contributed by atoms with Gasteiger partial charge in [0.25, 0.3) is 0 Å². The molecule has 0 radical (unpaired) electrons. The van der Waals surface area contributed by atoms with E-state index in [-0.39, 0.29) is 19.0 Å². The Kier molecular flexibility index (Phi) is 5.81. The molecule has 19 heavy (non-hydrogen) atoms. The molecule has 0 aromatic heterocycles. The zero-order valence-corrected chi connectivity index (χ0v) is 11.8. The molecule has 1 saturated heterocycles. The summed E-state index contributed by atoms with van der Waals surface area (Å²) in [4.78, 5) is 13.0. The van der Waals surface area contributed by atoms with Crippen molar-refractivity contribution in [3.8, 4) is 0 Å². The zero-order valence-electron chi connectivity index (χ0n) is 10.9. The number of carbonyl (C=O) groups excluding carboxylic acids is 1. The van der Waals surface area contributed by atoms with Gasteiger partial charge < -0.3 is 19.3 Å². The number of amides is 1. The Morgan fingerprint density at radius 2 is 2.00 bits per heavy atom. The Morgan fingerprint density at radius 3 is 2.47 bits per heavy atom. The fourth-order valence-corrected chi connectivity index (χ4v) is 2.96. The molecule has 0 aromatic rings. The van der Waals surface area contributed by atoms with Crippen LogP contribution in [-0.2, 0) is 13.8 Å². The molecule has 0 aromatic carbocycles. The molecule has 1 unspecified atom stereocenters. The molecule has 1 amide bonds. The van der Waals surface area contributed by atoms with Crippen molar-refractivity contribution in [2.45, 2.75) is 6.92 Å². The molecule has 1 heterocycles. The van der Waals surface area contributed by atoms with Crippen LogP contribution in [0.15, 0.2) is 12.3 Å². The molecule has 0 bridgehead atoms. The number of rotatable bonds is 5. The SMILES string of the molecule is C=C(C)OP(N)(=O)N1CCN(C(=O)OCCO)CC1. The topological polar surface area (TPSA) is 105 Å². The first kappa shape index (κ1) is 16.0. The summed E-state index contributed by atoms with van der Waals surface area (Å²) in [5.74, 6) is 0.288. The van der Waals surface area contributed by atoms with Crippen molar-refractivity contribution in [2.75, 3.05) is 39.4 Å². The molecule has 3 N–H and O–H groups in total. The zero-order chi connectivity index (χ0) is 14.5. The van der Waals surface area contributed by atoms with E-state index in [0.29, 0.717) is 26.2 Å². The van der Waals surface area contributed by atoms with E-state index in [1.807, 2.05) is 0 Å². The molecule has 1 atom stereocenters. The summed E-state index contributed by atoms with van der Waals surface area (Å²) in [6, 6.07) is 0. The van der Waals surface area contributed by atoms with Crippen LogP contribution in [0.3, 0.4) is 0 Å². The number of nitrogens with zero attached hydrogens (tertiary/aromatic N) is 2. The highest BCUT2D eigenvalue weighted by Gasteiger charge is 2.33. The molecule has 1 aliphatic heterocycles. The average molecular weight is 293 g/mol. The van der Waals surface area contributed by atoms with Gasteiger partial charge in [0.15, 0.2) is 0 Å². The summed E-state index contributed by atoms with van der Waals surface area (Å²) in [5, 5.41) is 8.56. The van der Waals surface area contributed by atoms with Gasteiger partial charge >= 0.3 is 13.8 Å². The average Bonchev–Trinajstić information content (AvgIpc) is 2.34. The number of allylic oxidation sites excluding steroid dienone is 1. The van der Waals surface area contributed by atoms with Gasteiger partial charge in [-0.15, -0.1) is 0 Å². The van der Waals surface area contributed by atoms with Gasteiger partial charge in [-0.3, -0.25) is 0 Å². The van der Waals surface area contributed by atoms with Crippen LogP contribution < -0.4 is 5.50 Å². The second-order valence-electron chi connectivity index (χ2n) is 4.14. The Bertz CT molecular complexity index is 381. The summed E-state index contributed by atoms with van der Waals surface area (Å²) in [6.45, 7) is 6.16. The number of aliphatic hydroxyl groups is 1. The highest BCUT2D eigenvalue weighted by atomic mass is 31.2. The normalized spacial score (nSPS) is 19.6. The predicted molar refractivity (Wildman–Crippen MR) is 69.3 cm³/mol. The maximum absolute atomic E-state index is 12.1. The van der Waals surface area contributed by atoms with Gasteiger partial charge in [0.2, 0.25) is 0 Å². The van der Waals surface area contributed by atoms with E-state index in [0.717, 1.165) is 0 Å². The van der Waals surface area contributed by atoms with Gasteiger partial charge in [-0.05, 0) is 6.92 Å². The van der Waals surface area contributed by atoms with Crippen LogP contribution >= 0.6 is 7.67 Å². The highest BCUT2D eigenvalue weighted by Crippen LogP contribution is 2.44. The van der Waals surface area contributed by atoms with E-state index in [2.05, 4.69) is 6.58 Å². The highest BCUT2D eigenvalue weighted by molar-refractivity contribution is 7.54. The van der Waals surface area contributed by atoms with Crippen molar-refractivity contribution in [3.05, 3.63) is 12.3 Å². The van der Waals surface area contributed by atoms with E-state index in [9.17, 15) is 9.36 Å². The predicted octanol–water partition coefficient (Wildman–Crippen LogP) is 0.350. The van der Waals surface area contributed by atoms with Crippen LogP contribution in [0.2, 0.25) is 0 Å². The van der Waals surface area contributed by atoms with Crippen molar-refractivity contribution in [2.24, 2.45) is 5.50 Å². The lowest BCUT2D eigenvalue weighted by Crippen LogP contribution is -2.48. The molecule has 1 fully saturated rings. The van der Waals surface area contributed by atoms with Gasteiger partial charge in [-0.1, -0.05) is 6.58 Å². The summed E-state index contributed by atoms with van der Waals surface area (Å²) in [7, 11) is -3.39. The number of nitrogens with two attached hydrogens (primary N) is 1. The number of piperazine rings is 1. The monoisotopic (exact) mass is 293 g/mol. The molecule has 0 spiro atoms. The van der Waals surface area contributed by atoms with E-state index in [4.69, 9.17) is 19.9 Å². The van der Waals surface area contributed by atoms with Crippen molar-refractivity contribution in [1.82, 2.24) is 9.57 Å². The van der Waals surface area contributed by atoms with Crippen LogP contribution in [0.5, 0.6) is 0 Å². The van der Waals surface area contributed by atoms with Crippen molar-refractivity contribution in [1.29, 1.82) is 0 Å². The van der Waals surface area contributed by atoms with E-state index in [1.165, 1.54) is 9.57 Å². The second kappa shape index (κ2) is 6.91. The summed E-state index contributed by atoms with van der Waals surface area (Å²) in [5.41, 5.74) is 5.62. The molecular formula is C10H20N3O5P. The van der Waals surface area contributed by atoms with Crippen LogP contribution in [0.4, 0.5) is 4.79 Å². The summed E-state index contributed by atoms with van der Waals surface area (Å²) in [6.07, 6.45) is -0.499. The van der Waals surface area contributed by atoms with Gasteiger partial charge in [0, 0.05) is 26.2 Å². The Morgan fingerprint density at radius 1 is 1.42 bits per heavy atom. The minimum absolute atomic E-state index is 0.0345. The molecule has 0 saturated carbocycles. The summed E-state index contributed by atoms with van der Waals surface area (Å²) >= 11 is 0. The van der Waals surface area contributed by atoms with E-state index in [1.54, 1.807) is 6.92 Å². The number of ether oxygens (including phenoxy) is 1. The second-order valence-corrected chi connectivity index (χ2v) is 6.01. The van der Waals surface area contributed by atoms with E-state index < -0.39 is 13.8 Å². The van der Waals surface area contributed by atoms with Gasteiger partial charge in [-0.2, -0.15) is 0 Å². The molecule has 1 aliphatic rings. The van der Waals surface area contributed by atoms with E-state index >= 15 is 0 Å². The maximum atomic E-state index is 12.1. The Balaban J connectivity index is 2.46. The molecule has 0 aliphatic carbocycles. The fourth-order valence-electron chi connectivity index (χ4n) is 1.66. The van der Waals surface area contributed by atoms with Crippen LogP contribution in [-0.4, -0.2) is 60.2 Å². The van der Waals surface area contributed by atoms with Crippen molar-refractivity contribution < 1.29 is 23.7 Å². The van der Waals surface area contributed by atoms with Crippen molar-refractivity contribution >= 4 is 13.8 Å². The number of carbonyl (C=O) groups is 1. The molecule has 9 heteroatoms. The van der Waals surface area contributed by atoms with Gasteiger partial charge in [0.1, 0.15) is 6.61 Å². The van der Waals surface area contributed by atoms with Crippen molar-refractivity contribution in [3.63, 3.8) is 0 Å². The Labute approximate surface area is 112 Å².